The summed E-state index contributed by atoms with van der Waals surface area (Å²) in [4.78, 5) is 14.2. The molecule has 0 saturated carbocycles. The van der Waals surface area contributed by atoms with Crippen molar-refractivity contribution in [2.45, 2.75) is 6.17 Å². The molecule has 1 heterocycles. The number of hydrogen-bond acceptors (Lipinski definition) is 3. The van der Waals surface area contributed by atoms with Gasteiger partial charge in [0, 0.05) is 12.1 Å². The first kappa shape index (κ1) is 13.5. The maximum atomic E-state index is 12.2. The van der Waals surface area contributed by atoms with E-state index in [1.165, 1.54) is 0 Å². The molecule has 21 heavy (non-hydrogen) atoms. The van der Waals surface area contributed by atoms with Crippen LogP contribution >= 0.6 is 11.6 Å². The van der Waals surface area contributed by atoms with E-state index in [4.69, 9.17) is 16.9 Å². The molecule has 0 aliphatic carbocycles. The molecule has 0 spiro atoms. The van der Waals surface area contributed by atoms with Crippen LogP contribution in [0.2, 0.25) is 5.02 Å². The van der Waals surface area contributed by atoms with Crippen LogP contribution in [0.3, 0.4) is 0 Å². The van der Waals surface area contributed by atoms with Crippen LogP contribution in [0.1, 0.15) is 27.7 Å². The highest BCUT2D eigenvalue weighted by atomic mass is 35.5. The Morgan fingerprint density at radius 2 is 1.95 bits per heavy atom. The topological polar surface area (TPSA) is 56.1 Å². The Kier molecular flexibility index (Phi) is 3.28. The Balaban J connectivity index is 2.01. The molecule has 1 aliphatic rings. The van der Waals surface area contributed by atoms with Crippen molar-refractivity contribution < 1.29 is 4.79 Å². The van der Waals surface area contributed by atoms with Crippen molar-refractivity contribution in [2.75, 3.05) is 11.9 Å². The lowest BCUT2D eigenvalue weighted by atomic mass is 10.0. The molecule has 0 bridgehead atoms. The van der Waals surface area contributed by atoms with Crippen LogP contribution in [0.5, 0.6) is 0 Å². The van der Waals surface area contributed by atoms with Gasteiger partial charge in [-0.3, -0.25) is 4.79 Å². The summed E-state index contributed by atoms with van der Waals surface area (Å²) in [5, 5.41) is 12.3. The van der Waals surface area contributed by atoms with Crippen molar-refractivity contribution in [3.05, 3.63) is 64.2 Å². The smallest absolute Gasteiger partial charge is 0.255 e. The summed E-state index contributed by atoms with van der Waals surface area (Å²) in [7, 11) is 1.91. The third kappa shape index (κ3) is 2.32. The first-order valence-corrected chi connectivity index (χ1v) is 6.81. The Bertz CT molecular complexity index is 749. The predicted octanol–water partition coefficient (Wildman–Crippen LogP) is 3.09. The number of halogens is 1. The number of anilines is 1. The van der Waals surface area contributed by atoms with Gasteiger partial charge in [-0.2, -0.15) is 5.26 Å². The van der Waals surface area contributed by atoms with Crippen LogP contribution in [0, 0.1) is 11.3 Å². The molecule has 104 valence electrons. The van der Waals surface area contributed by atoms with Crippen molar-refractivity contribution in [3.8, 4) is 6.07 Å². The molecule has 1 atom stereocenters. The second-order valence-electron chi connectivity index (χ2n) is 4.88. The highest BCUT2D eigenvalue weighted by Gasteiger charge is 2.29. The Labute approximate surface area is 127 Å². The Hall–Kier alpha value is -2.51. The van der Waals surface area contributed by atoms with Crippen LogP contribution in [0.4, 0.5) is 5.69 Å². The summed E-state index contributed by atoms with van der Waals surface area (Å²) >= 11 is 5.95. The average Bonchev–Trinajstić information content (AvgIpc) is 2.51. The van der Waals surface area contributed by atoms with Crippen LogP contribution in [-0.2, 0) is 0 Å². The van der Waals surface area contributed by atoms with Crippen LogP contribution in [0.25, 0.3) is 0 Å². The zero-order valence-electron chi connectivity index (χ0n) is 11.3. The second-order valence-corrected chi connectivity index (χ2v) is 5.32. The van der Waals surface area contributed by atoms with E-state index in [0.717, 1.165) is 11.3 Å². The number of carbonyl (C=O) groups excluding carboxylic acids is 1. The van der Waals surface area contributed by atoms with Crippen LogP contribution in [-0.4, -0.2) is 13.0 Å². The molecule has 5 heteroatoms. The van der Waals surface area contributed by atoms with Gasteiger partial charge in [0.1, 0.15) is 6.17 Å². The fraction of sp³-hybridized carbons (Fsp3) is 0.125. The summed E-state index contributed by atoms with van der Waals surface area (Å²) in [5.74, 6) is -0.153. The van der Waals surface area contributed by atoms with Crippen molar-refractivity contribution >= 4 is 23.2 Å². The van der Waals surface area contributed by atoms with Crippen molar-refractivity contribution in [1.82, 2.24) is 5.32 Å². The third-order valence-corrected chi connectivity index (χ3v) is 3.83. The zero-order chi connectivity index (χ0) is 15.0. The van der Waals surface area contributed by atoms with Crippen molar-refractivity contribution in [2.24, 2.45) is 0 Å². The summed E-state index contributed by atoms with van der Waals surface area (Å²) in [6.45, 7) is 0. The molecule has 0 fully saturated rings. The number of nitrogens with one attached hydrogen (secondary N) is 1. The lowest BCUT2D eigenvalue weighted by Gasteiger charge is -2.36. The zero-order valence-corrected chi connectivity index (χ0v) is 12.1. The van der Waals surface area contributed by atoms with Gasteiger partial charge >= 0.3 is 0 Å². The van der Waals surface area contributed by atoms with E-state index >= 15 is 0 Å². The number of rotatable bonds is 1. The molecule has 4 nitrogen and oxygen atoms in total. The van der Waals surface area contributed by atoms with E-state index in [0.29, 0.717) is 16.1 Å². The highest BCUT2D eigenvalue weighted by Crippen LogP contribution is 2.33. The Morgan fingerprint density at radius 1 is 1.24 bits per heavy atom. The number of nitriles is 1. The van der Waals surface area contributed by atoms with Gasteiger partial charge in [-0.1, -0.05) is 23.7 Å². The Morgan fingerprint density at radius 3 is 2.62 bits per heavy atom. The van der Waals surface area contributed by atoms with E-state index in [9.17, 15) is 4.79 Å². The molecule has 1 amide bonds. The van der Waals surface area contributed by atoms with Crippen LogP contribution in [0.15, 0.2) is 42.5 Å². The second kappa shape index (κ2) is 5.12. The minimum Gasteiger partial charge on any atom is -0.350 e. The molecule has 0 radical (unpaired) electrons. The maximum Gasteiger partial charge on any atom is 0.255 e. The number of nitrogens with zero attached hydrogens (tertiary/aromatic N) is 2. The van der Waals surface area contributed by atoms with Gasteiger partial charge in [0.05, 0.1) is 22.9 Å². The summed E-state index contributed by atoms with van der Waals surface area (Å²) in [6.07, 6.45) is -0.265. The summed E-state index contributed by atoms with van der Waals surface area (Å²) < 4.78 is 0. The number of benzene rings is 2. The van der Waals surface area contributed by atoms with Gasteiger partial charge in [-0.25, -0.2) is 0 Å². The molecule has 1 N–H and O–H groups in total. The van der Waals surface area contributed by atoms with Gasteiger partial charge in [0.2, 0.25) is 0 Å². The maximum absolute atomic E-state index is 12.2. The molecule has 2 aromatic carbocycles. The standard InChI is InChI=1S/C16H12ClN3O/c1-20-14-7-6-12(17)8-13(14)16(21)19-15(20)11-4-2-10(9-18)3-5-11/h2-8,15H,1H3,(H,19,21). The molecule has 1 unspecified atom stereocenters. The van der Waals surface area contributed by atoms with Gasteiger partial charge in [0.15, 0.2) is 0 Å². The highest BCUT2D eigenvalue weighted by molar-refractivity contribution is 6.31. The SMILES string of the molecule is CN1c2ccc(Cl)cc2C(=O)NC1c1ccc(C#N)cc1. The lowest BCUT2D eigenvalue weighted by molar-refractivity contribution is 0.0928. The van der Waals surface area contributed by atoms with E-state index < -0.39 is 0 Å². The molecule has 1 aliphatic heterocycles. The van der Waals surface area contributed by atoms with E-state index in [1.54, 1.807) is 24.3 Å². The molecular formula is C16H12ClN3O. The first-order chi connectivity index (χ1) is 10.1. The largest absolute Gasteiger partial charge is 0.350 e. The molecular weight excluding hydrogens is 286 g/mol. The van der Waals surface area contributed by atoms with E-state index in [1.807, 2.05) is 30.1 Å². The summed E-state index contributed by atoms with van der Waals surface area (Å²) in [6, 6.07) is 14.5. The van der Waals surface area contributed by atoms with Gasteiger partial charge < -0.3 is 10.2 Å². The normalized spacial score (nSPS) is 16.9. The van der Waals surface area contributed by atoms with E-state index in [2.05, 4.69) is 11.4 Å². The van der Waals surface area contributed by atoms with E-state index in [-0.39, 0.29) is 12.1 Å². The van der Waals surface area contributed by atoms with Gasteiger partial charge in [-0.05, 0) is 35.9 Å². The van der Waals surface area contributed by atoms with Gasteiger partial charge in [0.25, 0.3) is 5.91 Å². The minimum absolute atomic E-state index is 0.153. The third-order valence-electron chi connectivity index (χ3n) is 3.59. The molecule has 0 aromatic heterocycles. The van der Waals surface area contributed by atoms with Crippen molar-refractivity contribution in [3.63, 3.8) is 0 Å². The lowest BCUT2D eigenvalue weighted by Crippen LogP contribution is -2.44. The van der Waals surface area contributed by atoms with Gasteiger partial charge in [-0.15, -0.1) is 0 Å². The number of amides is 1. The molecule has 3 rings (SSSR count). The monoisotopic (exact) mass is 297 g/mol. The fourth-order valence-electron chi connectivity index (χ4n) is 2.48. The predicted molar refractivity (Wildman–Crippen MR) is 81.2 cm³/mol. The minimum atomic E-state index is -0.265. The number of hydrogen-bond donors (Lipinski definition) is 1. The quantitative estimate of drug-likeness (QED) is 0.880. The summed E-state index contributed by atoms with van der Waals surface area (Å²) in [5.41, 5.74) is 2.91. The molecule has 0 saturated heterocycles. The average molecular weight is 298 g/mol. The number of fused-ring (bicyclic) bond motifs is 1. The number of carbonyl (C=O) groups is 1. The first-order valence-electron chi connectivity index (χ1n) is 6.43. The van der Waals surface area contributed by atoms with Crippen molar-refractivity contribution in [1.29, 1.82) is 5.26 Å². The fourth-order valence-corrected chi connectivity index (χ4v) is 2.65. The van der Waals surface area contributed by atoms with Crippen LogP contribution < -0.4 is 10.2 Å². The molecule has 2 aromatic rings.